The first-order chi connectivity index (χ1) is 7.72. The van der Waals surface area contributed by atoms with Crippen LogP contribution in [0, 0.1) is 11.8 Å². The van der Waals surface area contributed by atoms with E-state index in [2.05, 4.69) is 12.2 Å². The van der Waals surface area contributed by atoms with Gasteiger partial charge in [-0.15, -0.1) is 0 Å². The van der Waals surface area contributed by atoms with Crippen molar-refractivity contribution < 1.29 is 14.6 Å². The van der Waals surface area contributed by atoms with E-state index in [1.165, 1.54) is 25.7 Å². The van der Waals surface area contributed by atoms with Gasteiger partial charge in [-0.2, -0.15) is 0 Å². The fraction of sp³-hybridized carbons (Fsp3) is 0.917. The lowest BCUT2D eigenvalue weighted by molar-refractivity contribution is 0.118. The van der Waals surface area contributed by atoms with Gasteiger partial charge in [0.1, 0.15) is 6.61 Å². The van der Waals surface area contributed by atoms with E-state index in [4.69, 9.17) is 9.84 Å². The topological polar surface area (TPSA) is 58.6 Å². The van der Waals surface area contributed by atoms with Crippen LogP contribution in [0.4, 0.5) is 4.79 Å². The molecule has 0 radical (unpaired) electrons. The van der Waals surface area contributed by atoms with E-state index in [0.29, 0.717) is 6.54 Å². The molecule has 1 aliphatic rings. The summed E-state index contributed by atoms with van der Waals surface area (Å²) in [6.07, 6.45) is 5.87. The number of hydrogen-bond donors (Lipinski definition) is 2. The summed E-state index contributed by atoms with van der Waals surface area (Å²) in [6, 6.07) is 0. The number of aliphatic hydroxyl groups excluding tert-OH is 1. The van der Waals surface area contributed by atoms with E-state index in [-0.39, 0.29) is 13.2 Å². The highest BCUT2D eigenvalue weighted by Crippen LogP contribution is 2.30. The smallest absolute Gasteiger partial charge is 0.407 e. The van der Waals surface area contributed by atoms with Gasteiger partial charge in [0.2, 0.25) is 0 Å². The number of carbonyl (C=O) groups is 1. The maximum Gasteiger partial charge on any atom is 0.407 e. The number of ether oxygens (including phenoxy) is 1. The fourth-order valence-electron chi connectivity index (χ4n) is 2.39. The number of hydrogen-bond acceptors (Lipinski definition) is 3. The second-order valence-electron chi connectivity index (χ2n) is 4.71. The van der Waals surface area contributed by atoms with Crippen LogP contribution in [0.25, 0.3) is 0 Å². The quantitative estimate of drug-likeness (QED) is 0.757. The van der Waals surface area contributed by atoms with Crippen LogP contribution in [0.2, 0.25) is 0 Å². The van der Waals surface area contributed by atoms with Crippen LogP contribution in [0.15, 0.2) is 0 Å². The molecular weight excluding hydrogens is 206 g/mol. The van der Waals surface area contributed by atoms with Crippen molar-refractivity contribution in [3.8, 4) is 0 Å². The summed E-state index contributed by atoms with van der Waals surface area (Å²) in [5.41, 5.74) is 0. The predicted molar refractivity (Wildman–Crippen MR) is 62.2 cm³/mol. The van der Waals surface area contributed by atoms with E-state index in [9.17, 15) is 4.79 Å². The minimum atomic E-state index is -0.419. The van der Waals surface area contributed by atoms with Crippen molar-refractivity contribution in [1.82, 2.24) is 5.32 Å². The first kappa shape index (κ1) is 13.3. The normalized spacial score (nSPS) is 25.1. The van der Waals surface area contributed by atoms with E-state index >= 15 is 0 Å². The molecule has 0 aromatic heterocycles. The first-order valence-electron chi connectivity index (χ1n) is 6.24. The van der Waals surface area contributed by atoms with Gasteiger partial charge in [-0.3, -0.25) is 0 Å². The molecule has 0 saturated heterocycles. The van der Waals surface area contributed by atoms with Crippen molar-refractivity contribution in [2.24, 2.45) is 11.8 Å². The molecule has 1 saturated carbocycles. The summed E-state index contributed by atoms with van der Waals surface area (Å²) in [4.78, 5) is 11.1. The predicted octanol–water partition coefficient (Wildman–Crippen LogP) is 1.92. The molecule has 94 valence electrons. The molecule has 0 bridgehead atoms. The number of amides is 1. The summed E-state index contributed by atoms with van der Waals surface area (Å²) in [5, 5.41) is 11.2. The lowest BCUT2D eigenvalue weighted by Crippen LogP contribution is -2.28. The van der Waals surface area contributed by atoms with E-state index < -0.39 is 6.09 Å². The highest BCUT2D eigenvalue weighted by molar-refractivity contribution is 5.66. The third-order valence-electron chi connectivity index (χ3n) is 3.19. The van der Waals surface area contributed by atoms with Crippen molar-refractivity contribution in [1.29, 1.82) is 0 Å². The summed E-state index contributed by atoms with van der Waals surface area (Å²) >= 11 is 0. The molecule has 0 spiro atoms. The Balaban J connectivity index is 2.03. The van der Waals surface area contributed by atoms with Crippen LogP contribution in [-0.2, 0) is 4.74 Å². The number of aliphatic hydroxyl groups is 1. The molecule has 4 heteroatoms. The minimum Gasteiger partial charge on any atom is -0.447 e. The van der Waals surface area contributed by atoms with Crippen molar-refractivity contribution in [3.63, 3.8) is 0 Å². The summed E-state index contributed by atoms with van der Waals surface area (Å²) in [6.45, 7) is 2.94. The molecule has 2 atom stereocenters. The van der Waals surface area contributed by atoms with Gasteiger partial charge in [-0.05, 0) is 24.7 Å². The van der Waals surface area contributed by atoms with Gasteiger partial charge in [0.25, 0.3) is 0 Å². The zero-order valence-electron chi connectivity index (χ0n) is 10.1. The fourth-order valence-corrected chi connectivity index (χ4v) is 2.39. The molecule has 1 rings (SSSR count). The van der Waals surface area contributed by atoms with Gasteiger partial charge in [0, 0.05) is 6.54 Å². The van der Waals surface area contributed by atoms with Crippen LogP contribution in [0.5, 0.6) is 0 Å². The molecule has 4 nitrogen and oxygen atoms in total. The Bertz CT molecular complexity index is 208. The maximum atomic E-state index is 11.1. The number of rotatable bonds is 5. The molecule has 0 heterocycles. The van der Waals surface area contributed by atoms with Crippen molar-refractivity contribution in [3.05, 3.63) is 0 Å². The number of carbonyl (C=O) groups excluding carboxylic acids is 1. The Kier molecular flexibility index (Phi) is 6.23. The average Bonchev–Trinajstić information content (AvgIpc) is 2.26. The van der Waals surface area contributed by atoms with Crippen LogP contribution >= 0.6 is 0 Å². The largest absolute Gasteiger partial charge is 0.447 e. The second-order valence-corrected chi connectivity index (χ2v) is 4.71. The van der Waals surface area contributed by atoms with Gasteiger partial charge < -0.3 is 15.2 Å². The Labute approximate surface area is 97.4 Å². The zero-order valence-corrected chi connectivity index (χ0v) is 10.1. The highest BCUT2D eigenvalue weighted by Gasteiger charge is 2.18. The standard InChI is InChI=1S/C12H23NO3/c1-10-3-2-4-11(9-10)5-6-13-12(15)16-8-7-14/h10-11,14H,2-9H2,1H3,(H,13,15). The van der Waals surface area contributed by atoms with Crippen molar-refractivity contribution in [2.75, 3.05) is 19.8 Å². The Morgan fingerprint density at radius 3 is 3.00 bits per heavy atom. The lowest BCUT2D eigenvalue weighted by Gasteiger charge is -2.26. The van der Waals surface area contributed by atoms with E-state index in [0.717, 1.165) is 18.3 Å². The molecule has 1 fully saturated rings. The Hall–Kier alpha value is -0.770. The molecule has 2 unspecified atom stereocenters. The van der Waals surface area contributed by atoms with Crippen molar-refractivity contribution in [2.45, 2.75) is 39.0 Å². The maximum absolute atomic E-state index is 11.1. The third-order valence-corrected chi connectivity index (χ3v) is 3.19. The summed E-state index contributed by atoms with van der Waals surface area (Å²) in [7, 11) is 0. The van der Waals surface area contributed by atoms with E-state index in [1.54, 1.807) is 0 Å². The summed E-state index contributed by atoms with van der Waals surface area (Å²) < 4.78 is 4.70. The van der Waals surface area contributed by atoms with Crippen LogP contribution in [0.1, 0.15) is 39.0 Å². The molecule has 0 aliphatic heterocycles. The average molecular weight is 229 g/mol. The Morgan fingerprint density at radius 1 is 1.50 bits per heavy atom. The van der Waals surface area contributed by atoms with E-state index in [1.807, 2.05) is 0 Å². The SMILES string of the molecule is CC1CCCC(CCNC(=O)OCCO)C1. The molecular formula is C12H23NO3. The molecule has 2 N–H and O–H groups in total. The molecule has 1 aliphatic carbocycles. The van der Waals surface area contributed by atoms with Crippen LogP contribution in [-0.4, -0.2) is 31.0 Å². The summed E-state index contributed by atoms with van der Waals surface area (Å²) in [5.74, 6) is 1.59. The number of alkyl carbamates (subject to hydrolysis) is 1. The molecule has 0 aromatic carbocycles. The zero-order chi connectivity index (χ0) is 11.8. The molecule has 1 amide bonds. The number of nitrogens with one attached hydrogen (secondary N) is 1. The second kappa shape index (κ2) is 7.49. The van der Waals surface area contributed by atoms with Crippen LogP contribution < -0.4 is 5.32 Å². The molecule has 16 heavy (non-hydrogen) atoms. The van der Waals surface area contributed by atoms with Gasteiger partial charge in [0.15, 0.2) is 0 Å². The van der Waals surface area contributed by atoms with Gasteiger partial charge in [-0.25, -0.2) is 4.79 Å². The highest BCUT2D eigenvalue weighted by atomic mass is 16.6. The van der Waals surface area contributed by atoms with Gasteiger partial charge >= 0.3 is 6.09 Å². The first-order valence-corrected chi connectivity index (χ1v) is 6.24. The van der Waals surface area contributed by atoms with Gasteiger partial charge in [-0.1, -0.05) is 26.2 Å². The van der Waals surface area contributed by atoms with Crippen LogP contribution in [0.3, 0.4) is 0 Å². The Morgan fingerprint density at radius 2 is 2.31 bits per heavy atom. The van der Waals surface area contributed by atoms with Crippen molar-refractivity contribution >= 4 is 6.09 Å². The lowest BCUT2D eigenvalue weighted by atomic mass is 9.81. The minimum absolute atomic E-state index is 0.0757. The monoisotopic (exact) mass is 229 g/mol. The molecule has 0 aromatic rings. The van der Waals surface area contributed by atoms with Gasteiger partial charge in [0.05, 0.1) is 6.61 Å². The third kappa shape index (κ3) is 5.35.